The number of para-hydroxylation sites is 3. The largest absolute Gasteiger partial charge is 0.495 e. The predicted molar refractivity (Wildman–Crippen MR) is 120 cm³/mol. The van der Waals surface area contributed by atoms with Gasteiger partial charge in [0.05, 0.1) is 29.3 Å². The molecule has 1 amide bonds. The molecule has 5 rings (SSSR count). The number of methoxy groups -OCH3 is 1. The van der Waals surface area contributed by atoms with E-state index in [0.29, 0.717) is 48.3 Å². The molecule has 0 atom stereocenters. The van der Waals surface area contributed by atoms with Crippen molar-refractivity contribution in [3.05, 3.63) is 82.8 Å². The second-order valence-corrected chi connectivity index (χ2v) is 7.50. The maximum absolute atomic E-state index is 13.4. The lowest BCUT2D eigenvalue weighted by Crippen LogP contribution is -2.49. The summed E-state index contributed by atoms with van der Waals surface area (Å²) in [6.07, 6.45) is 1.66. The van der Waals surface area contributed by atoms with Crippen molar-refractivity contribution >= 4 is 28.1 Å². The number of aromatic nitrogens is 2. The molecule has 156 valence electrons. The Bertz CT molecular complexity index is 1340. The fraction of sp³-hybridized carbons (Fsp3) is 0.208. The molecule has 0 spiro atoms. The minimum absolute atomic E-state index is 0.111. The molecule has 0 bridgehead atoms. The fourth-order valence-electron chi connectivity index (χ4n) is 4.15. The van der Waals surface area contributed by atoms with Crippen molar-refractivity contribution in [2.75, 3.05) is 38.2 Å². The molecule has 1 fully saturated rings. The molecule has 0 N–H and O–H groups in total. The van der Waals surface area contributed by atoms with Crippen LogP contribution < -0.4 is 15.2 Å². The molecule has 31 heavy (non-hydrogen) atoms. The van der Waals surface area contributed by atoms with E-state index in [9.17, 15) is 9.59 Å². The topological polar surface area (TPSA) is 67.2 Å². The highest BCUT2D eigenvalue weighted by atomic mass is 16.5. The Morgan fingerprint density at radius 2 is 1.68 bits per heavy atom. The third-order valence-corrected chi connectivity index (χ3v) is 5.77. The van der Waals surface area contributed by atoms with Crippen LogP contribution in [0.2, 0.25) is 0 Å². The van der Waals surface area contributed by atoms with Crippen molar-refractivity contribution in [1.82, 2.24) is 14.3 Å². The lowest BCUT2D eigenvalue weighted by atomic mass is 10.1. The fourth-order valence-corrected chi connectivity index (χ4v) is 4.15. The van der Waals surface area contributed by atoms with Crippen LogP contribution in [-0.4, -0.2) is 53.5 Å². The first-order valence-electron chi connectivity index (χ1n) is 10.2. The average Bonchev–Trinajstić information content (AvgIpc) is 2.83. The molecule has 0 saturated carbocycles. The summed E-state index contributed by atoms with van der Waals surface area (Å²) < 4.78 is 6.93. The number of piperazine rings is 1. The van der Waals surface area contributed by atoms with Gasteiger partial charge in [-0.1, -0.05) is 24.3 Å². The third-order valence-electron chi connectivity index (χ3n) is 5.77. The van der Waals surface area contributed by atoms with E-state index in [1.54, 1.807) is 37.6 Å². The second-order valence-electron chi connectivity index (χ2n) is 7.50. The SMILES string of the molecule is COc1ccccc1N1CCN(C(=O)c2cccn3c(=O)c4ccccc4nc23)CC1. The number of ether oxygens (including phenoxy) is 1. The molecule has 0 aliphatic carbocycles. The number of carbonyl (C=O) groups is 1. The van der Waals surface area contributed by atoms with Gasteiger partial charge in [-0.05, 0) is 36.4 Å². The number of carbonyl (C=O) groups excluding carboxylic acids is 1. The van der Waals surface area contributed by atoms with Gasteiger partial charge in [0.25, 0.3) is 11.5 Å². The summed E-state index contributed by atoms with van der Waals surface area (Å²) in [5.74, 6) is 0.715. The number of amides is 1. The zero-order chi connectivity index (χ0) is 21.4. The molecule has 7 nitrogen and oxygen atoms in total. The van der Waals surface area contributed by atoms with Crippen molar-refractivity contribution in [3.63, 3.8) is 0 Å². The van der Waals surface area contributed by atoms with Gasteiger partial charge in [-0.25, -0.2) is 4.98 Å². The van der Waals surface area contributed by atoms with E-state index in [2.05, 4.69) is 9.88 Å². The summed E-state index contributed by atoms with van der Waals surface area (Å²) >= 11 is 0. The van der Waals surface area contributed by atoms with Gasteiger partial charge in [0, 0.05) is 32.4 Å². The Hall–Kier alpha value is -3.87. The molecular weight excluding hydrogens is 392 g/mol. The molecule has 1 aliphatic heterocycles. The van der Waals surface area contributed by atoms with Crippen LogP contribution in [-0.2, 0) is 0 Å². The van der Waals surface area contributed by atoms with E-state index in [0.717, 1.165) is 11.4 Å². The first-order chi connectivity index (χ1) is 15.2. The van der Waals surface area contributed by atoms with Crippen LogP contribution in [0.3, 0.4) is 0 Å². The summed E-state index contributed by atoms with van der Waals surface area (Å²) in [6.45, 7) is 2.56. The third kappa shape index (κ3) is 3.28. The van der Waals surface area contributed by atoms with Crippen LogP contribution in [0.25, 0.3) is 16.6 Å². The standard InChI is InChI=1S/C24H22N4O3/c1-31-21-11-5-4-10-20(21)26-13-15-27(16-14-26)23(29)18-8-6-12-28-22(18)25-19-9-3-2-7-17(19)24(28)30/h2-12H,13-16H2,1H3. The smallest absolute Gasteiger partial charge is 0.265 e. The van der Waals surface area contributed by atoms with E-state index in [1.165, 1.54) is 4.40 Å². The number of benzene rings is 2. The Morgan fingerprint density at radius 3 is 2.48 bits per heavy atom. The maximum Gasteiger partial charge on any atom is 0.265 e. The highest BCUT2D eigenvalue weighted by Crippen LogP contribution is 2.28. The minimum Gasteiger partial charge on any atom is -0.495 e. The zero-order valence-electron chi connectivity index (χ0n) is 17.2. The number of rotatable bonds is 3. The van der Waals surface area contributed by atoms with Gasteiger partial charge in [0.2, 0.25) is 0 Å². The van der Waals surface area contributed by atoms with E-state index in [4.69, 9.17) is 4.74 Å². The first-order valence-corrected chi connectivity index (χ1v) is 10.2. The molecule has 1 aliphatic rings. The highest BCUT2D eigenvalue weighted by Gasteiger charge is 2.25. The normalized spacial score (nSPS) is 14.2. The van der Waals surface area contributed by atoms with Gasteiger partial charge >= 0.3 is 0 Å². The Kier molecular flexibility index (Phi) is 4.78. The summed E-state index contributed by atoms with van der Waals surface area (Å²) in [7, 11) is 1.66. The van der Waals surface area contributed by atoms with Crippen LogP contribution in [0.1, 0.15) is 10.4 Å². The molecule has 2 aromatic carbocycles. The van der Waals surface area contributed by atoms with Crippen molar-refractivity contribution in [2.24, 2.45) is 0 Å². The quantitative estimate of drug-likeness (QED) is 0.483. The van der Waals surface area contributed by atoms with E-state index >= 15 is 0 Å². The molecule has 0 radical (unpaired) electrons. The number of hydrogen-bond acceptors (Lipinski definition) is 5. The molecule has 3 heterocycles. The molecule has 0 unspecified atom stereocenters. The molecule has 2 aromatic heterocycles. The van der Waals surface area contributed by atoms with E-state index in [1.807, 2.05) is 41.3 Å². The van der Waals surface area contributed by atoms with Crippen LogP contribution in [0.5, 0.6) is 5.75 Å². The number of pyridine rings is 1. The van der Waals surface area contributed by atoms with Gasteiger partial charge in [-0.3, -0.25) is 14.0 Å². The number of fused-ring (bicyclic) bond motifs is 2. The van der Waals surface area contributed by atoms with Crippen molar-refractivity contribution in [2.45, 2.75) is 0 Å². The zero-order valence-corrected chi connectivity index (χ0v) is 17.2. The van der Waals surface area contributed by atoms with Gasteiger partial charge < -0.3 is 14.5 Å². The highest BCUT2D eigenvalue weighted by molar-refractivity contribution is 6.00. The van der Waals surface area contributed by atoms with Crippen molar-refractivity contribution in [1.29, 1.82) is 0 Å². The first kappa shape index (κ1) is 19.1. The van der Waals surface area contributed by atoms with Gasteiger partial charge in [0.15, 0.2) is 5.65 Å². The minimum atomic E-state index is -0.170. The predicted octanol–water partition coefficient (Wildman–Crippen LogP) is 2.82. The Labute approximate surface area is 179 Å². The monoisotopic (exact) mass is 414 g/mol. The van der Waals surface area contributed by atoms with Crippen molar-refractivity contribution in [3.8, 4) is 5.75 Å². The van der Waals surface area contributed by atoms with E-state index in [-0.39, 0.29) is 11.5 Å². The molecule has 7 heteroatoms. The average molecular weight is 414 g/mol. The van der Waals surface area contributed by atoms with Crippen LogP contribution in [0.4, 0.5) is 5.69 Å². The molecule has 4 aromatic rings. The number of nitrogens with zero attached hydrogens (tertiary/aromatic N) is 4. The summed E-state index contributed by atoms with van der Waals surface area (Å²) in [6, 6.07) is 18.6. The number of anilines is 1. The van der Waals surface area contributed by atoms with Gasteiger partial charge in [-0.2, -0.15) is 0 Å². The lowest BCUT2D eigenvalue weighted by Gasteiger charge is -2.36. The number of hydrogen-bond donors (Lipinski definition) is 0. The summed E-state index contributed by atoms with van der Waals surface area (Å²) in [5, 5.41) is 0.537. The van der Waals surface area contributed by atoms with Crippen molar-refractivity contribution < 1.29 is 9.53 Å². The Balaban J connectivity index is 1.44. The molecular formula is C24H22N4O3. The lowest BCUT2D eigenvalue weighted by molar-refractivity contribution is 0.0748. The van der Waals surface area contributed by atoms with Crippen LogP contribution in [0.15, 0.2) is 71.7 Å². The second kappa shape index (κ2) is 7.75. The maximum atomic E-state index is 13.4. The molecule has 1 saturated heterocycles. The van der Waals surface area contributed by atoms with Crippen LogP contribution in [0, 0.1) is 0 Å². The van der Waals surface area contributed by atoms with Gasteiger partial charge in [-0.15, -0.1) is 0 Å². The van der Waals surface area contributed by atoms with Crippen LogP contribution >= 0.6 is 0 Å². The van der Waals surface area contributed by atoms with E-state index < -0.39 is 0 Å². The Morgan fingerprint density at radius 1 is 0.935 bits per heavy atom. The van der Waals surface area contributed by atoms with Gasteiger partial charge in [0.1, 0.15) is 5.75 Å². The summed E-state index contributed by atoms with van der Waals surface area (Å²) in [4.78, 5) is 34.9. The summed E-state index contributed by atoms with van der Waals surface area (Å²) in [5.41, 5.74) is 2.28.